The molecule has 1 aliphatic rings. The van der Waals surface area contributed by atoms with Crippen molar-refractivity contribution in [3.8, 4) is 11.5 Å². The Balaban J connectivity index is 2.33. The van der Waals surface area contributed by atoms with Gasteiger partial charge in [0, 0.05) is 18.2 Å². The van der Waals surface area contributed by atoms with Gasteiger partial charge in [-0.2, -0.15) is 0 Å². The van der Waals surface area contributed by atoms with Crippen LogP contribution in [0, 0.1) is 0 Å². The first-order valence-corrected chi connectivity index (χ1v) is 6.72. The van der Waals surface area contributed by atoms with Crippen molar-refractivity contribution in [3.63, 3.8) is 0 Å². The maximum atomic E-state index is 11.0. The van der Waals surface area contributed by atoms with Gasteiger partial charge in [0.05, 0.1) is 19.8 Å². The molecule has 1 aliphatic heterocycles. The quantitative estimate of drug-likeness (QED) is 0.907. The molecule has 106 valence electrons. The minimum Gasteiger partial charge on any atom is -0.497 e. The van der Waals surface area contributed by atoms with Gasteiger partial charge in [-0.15, -0.1) is 0 Å². The van der Waals surface area contributed by atoms with Crippen molar-refractivity contribution in [1.29, 1.82) is 0 Å². The molecule has 1 heterocycles. The van der Waals surface area contributed by atoms with Crippen molar-refractivity contribution < 1.29 is 14.6 Å². The molecule has 4 heteroatoms. The summed E-state index contributed by atoms with van der Waals surface area (Å²) in [6.45, 7) is 1.92. The van der Waals surface area contributed by atoms with Gasteiger partial charge < -0.3 is 19.5 Å². The predicted molar refractivity (Wildman–Crippen MR) is 74.8 cm³/mol. The number of methoxy groups -OCH3 is 2. The molecule has 0 aliphatic carbocycles. The van der Waals surface area contributed by atoms with E-state index in [2.05, 4.69) is 11.9 Å². The highest BCUT2D eigenvalue weighted by molar-refractivity contribution is 5.44. The number of benzene rings is 1. The van der Waals surface area contributed by atoms with Gasteiger partial charge in [-0.25, -0.2) is 0 Å². The van der Waals surface area contributed by atoms with Crippen LogP contribution in [0.15, 0.2) is 18.2 Å². The Morgan fingerprint density at radius 1 is 1.16 bits per heavy atom. The molecule has 1 N–H and O–H groups in total. The summed E-state index contributed by atoms with van der Waals surface area (Å²) in [6.07, 6.45) is 2.48. The zero-order chi connectivity index (χ0) is 13.9. The van der Waals surface area contributed by atoms with Gasteiger partial charge in [-0.3, -0.25) is 0 Å². The molecule has 1 unspecified atom stereocenters. The molecule has 19 heavy (non-hydrogen) atoms. The first-order chi connectivity index (χ1) is 9.09. The van der Waals surface area contributed by atoms with Crippen molar-refractivity contribution in [2.45, 2.75) is 24.9 Å². The molecule has 0 radical (unpaired) electrons. The second-order valence-corrected chi connectivity index (χ2v) is 5.25. The number of aliphatic hydroxyl groups is 1. The third kappa shape index (κ3) is 3.01. The fourth-order valence-electron chi connectivity index (χ4n) is 2.71. The average molecular weight is 265 g/mol. The highest BCUT2D eigenvalue weighted by Gasteiger charge is 2.33. The lowest BCUT2D eigenvalue weighted by molar-refractivity contribution is 0.0196. The van der Waals surface area contributed by atoms with Crippen LogP contribution >= 0.6 is 0 Å². The summed E-state index contributed by atoms with van der Waals surface area (Å²) in [5, 5.41) is 11.0. The monoisotopic (exact) mass is 265 g/mol. The normalized spacial score (nSPS) is 24.8. The van der Waals surface area contributed by atoms with Crippen LogP contribution in [0.2, 0.25) is 0 Å². The van der Waals surface area contributed by atoms with Gasteiger partial charge in [0.15, 0.2) is 0 Å². The van der Waals surface area contributed by atoms with Gasteiger partial charge >= 0.3 is 0 Å². The van der Waals surface area contributed by atoms with Gasteiger partial charge in [0.2, 0.25) is 0 Å². The SMILES string of the molecule is COc1ccc(C2(O)CCCN(C)CC2)c(OC)c1. The standard InChI is InChI=1S/C15H23NO3/c1-16-9-4-7-15(17,8-10-16)13-6-5-12(18-2)11-14(13)19-3/h5-6,11,17H,4,7-10H2,1-3H3. The Labute approximate surface area is 114 Å². The van der Waals surface area contributed by atoms with Crippen LogP contribution in [0.25, 0.3) is 0 Å². The number of ether oxygens (including phenoxy) is 2. The van der Waals surface area contributed by atoms with E-state index in [0.29, 0.717) is 5.75 Å². The molecule has 2 rings (SSSR count). The van der Waals surface area contributed by atoms with Crippen LogP contribution in [-0.4, -0.2) is 44.4 Å². The number of rotatable bonds is 3. The van der Waals surface area contributed by atoms with Crippen LogP contribution in [-0.2, 0) is 5.60 Å². The van der Waals surface area contributed by atoms with E-state index >= 15 is 0 Å². The molecule has 0 amide bonds. The number of hydrogen-bond donors (Lipinski definition) is 1. The Bertz CT molecular complexity index is 435. The van der Waals surface area contributed by atoms with E-state index in [1.165, 1.54) is 0 Å². The van der Waals surface area contributed by atoms with E-state index in [1.54, 1.807) is 14.2 Å². The Kier molecular flexibility index (Phi) is 4.32. The highest BCUT2D eigenvalue weighted by atomic mass is 16.5. The zero-order valence-corrected chi connectivity index (χ0v) is 12.0. The van der Waals surface area contributed by atoms with Crippen LogP contribution < -0.4 is 9.47 Å². The topological polar surface area (TPSA) is 41.9 Å². The smallest absolute Gasteiger partial charge is 0.128 e. The van der Waals surface area contributed by atoms with E-state index in [-0.39, 0.29) is 0 Å². The Morgan fingerprint density at radius 3 is 2.63 bits per heavy atom. The van der Waals surface area contributed by atoms with Crippen molar-refractivity contribution in [1.82, 2.24) is 4.90 Å². The molecule has 0 spiro atoms. The highest BCUT2D eigenvalue weighted by Crippen LogP contribution is 2.39. The van der Waals surface area contributed by atoms with Crippen LogP contribution in [0.5, 0.6) is 11.5 Å². The third-order valence-electron chi connectivity index (χ3n) is 3.95. The lowest BCUT2D eigenvalue weighted by Crippen LogP contribution is -2.28. The van der Waals surface area contributed by atoms with Crippen LogP contribution in [0.3, 0.4) is 0 Å². The molecular formula is C15H23NO3. The molecule has 4 nitrogen and oxygen atoms in total. The lowest BCUT2D eigenvalue weighted by Gasteiger charge is -2.29. The molecule has 0 aromatic heterocycles. The summed E-state index contributed by atoms with van der Waals surface area (Å²) in [5.74, 6) is 1.45. The Morgan fingerprint density at radius 2 is 1.95 bits per heavy atom. The Hall–Kier alpha value is -1.26. The van der Waals surface area contributed by atoms with Crippen molar-refractivity contribution in [3.05, 3.63) is 23.8 Å². The molecule has 1 aromatic rings. The van der Waals surface area contributed by atoms with Gasteiger partial charge in [0.25, 0.3) is 0 Å². The van der Waals surface area contributed by atoms with Gasteiger partial charge in [-0.05, 0) is 45.0 Å². The molecule has 1 aromatic carbocycles. The fourth-order valence-corrected chi connectivity index (χ4v) is 2.71. The first-order valence-electron chi connectivity index (χ1n) is 6.72. The van der Waals surface area contributed by atoms with E-state index in [1.807, 2.05) is 18.2 Å². The summed E-state index contributed by atoms with van der Waals surface area (Å²) >= 11 is 0. The van der Waals surface area contributed by atoms with Crippen LogP contribution in [0.1, 0.15) is 24.8 Å². The van der Waals surface area contributed by atoms with Gasteiger partial charge in [0.1, 0.15) is 11.5 Å². The first kappa shape index (κ1) is 14.2. The second kappa shape index (κ2) is 5.80. The lowest BCUT2D eigenvalue weighted by atomic mass is 9.86. The van der Waals surface area contributed by atoms with E-state index in [4.69, 9.17) is 9.47 Å². The van der Waals surface area contributed by atoms with Gasteiger partial charge in [-0.1, -0.05) is 0 Å². The molecule has 1 fully saturated rings. The average Bonchev–Trinajstić information content (AvgIpc) is 2.61. The largest absolute Gasteiger partial charge is 0.497 e. The molecule has 1 saturated heterocycles. The summed E-state index contributed by atoms with van der Waals surface area (Å²) in [6, 6.07) is 5.63. The minimum absolute atomic E-state index is 0.700. The number of hydrogen-bond acceptors (Lipinski definition) is 4. The molecule has 0 saturated carbocycles. The number of nitrogens with zero attached hydrogens (tertiary/aromatic N) is 1. The summed E-state index contributed by atoms with van der Waals surface area (Å²) in [4.78, 5) is 2.26. The van der Waals surface area contributed by atoms with E-state index in [0.717, 1.165) is 43.7 Å². The van der Waals surface area contributed by atoms with Crippen molar-refractivity contribution >= 4 is 0 Å². The predicted octanol–water partition coefficient (Wildman–Crippen LogP) is 2.01. The van der Waals surface area contributed by atoms with E-state index < -0.39 is 5.60 Å². The van der Waals surface area contributed by atoms with Crippen molar-refractivity contribution in [2.24, 2.45) is 0 Å². The minimum atomic E-state index is -0.803. The summed E-state index contributed by atoms with van der Waals surface area (Å²) in [5.41, 5.74) is 0.0636. The zero-order valence-electron chi connectivity index (χ0n) is 12.0. The summed E-state index contributed by atoms with van der Waals surface area (Å²) in [7, 11) is 5.35. The molecule has 0 bridgehead atoms. The van der Waals surface area contributed by atoms with E-state index in [9.17, 15) is 5.11 Å². The molecular weight excluding hydrogens is 242 g/mol. The maximum absolute atomic E-state index is 11.0. The molecule has 1 atom stereocenters. The van der Waals surface area contributed by atoms with Crippen LogP contribution in [0.4, 0.5) is 0 Å². The third-order valence-corrected chi connectivity index (χ3v) is 3.95. The number of likely N-dealkylation sites (tertiary alicyclic amines) is 1. The maximum Gasteiger partial charge on any atom is 0.128 e. The summed E-state index contributed by atoms with van der Waals surface area (Å²) < 4.78 is 10.6. The fraction of sp³-hybridized carbons (Fsp3) is 0.600. The second-order valence-electron chi connectivity index (χ2n) is 5.25. The van der Waals surface area contributed by atoms with Crippen molar-refractivity contribution in [2.75, 3.05) is 34.4 Å².